The summed E-state index contributed by atoms with van der Waals surface area (Å²) in [5.41, 5.74) is 1.80. The molecule has 0 radical (unpaired) electrons. The van der Waals surface area contributed by atoms with Crippen LogP contribution in [0.5, 0.6) is 0 Å². The summed E-state index contributed by atoms with van der Waals surface area (Å²) in [5, 5.41) is 25.8. The van der Waals surface area contributed by atoms with Crippen molar-refractivity contribution in [1.82, 2.24) is 24.9 Å². The van der Waals surface area contributed by atoms with E-state index in [1.54, 1.807) is 17.3 Å². The van der Waals surface area contributed by atoms with E-state index in [0.29, 0.717) is 54.7 Å². The standard InChI is InChI=1S/C29H37N5O4/c1-19(2)20-5-7-23(8-6-20)29(37,28(3)17-33(4)18-28)24-13-22(14-30-15-24)26-31-27(38-32-26)21-9-11-34(12-10-21)25(36)16-35/h5-8,13-15,19,21,35,37H,9-12,16-18H2,1-4H3. The summed E-state index contributed by atoms with van der Waals surface area (Å²) in [6.45, 7) is 8.58. The lowest BCUT2D eigenvalue weighted by Gasteiger charge is -2.55. The number of piperidine rings is 1. The first kappa shape index (κ1) is 26.5. The second kappa shape index (κ2) is 10.2. The highest BCUT2D eigenvalue weighted by molar-refractivity contribution is 5.77. The van der Waals surface area contributed by atoms with E-state index >= 15 is 0 Å². The third-order valence-corrected chi connectivity index (χ3v) is 8.29. The highest BCUT2D eigenvalue weighted by Crippen LogP contribution is 2.50. The summed E-state index contributed by atoms with van der Waals surface area (Å²) in [4.78, 5) is 24.8. The van der Waals surface area contributed by atoms with Crippen molar-refractivity contribution in [2.75, 3.05) is 39.8 Å². The molecule has 2 aromatic heterocycles. The van der Waals surface area contributed by atoms with Gasteiger partial charge in [-0.25, -0.2) is 0 Å². The van der Waals surface area contributed by atoms with Crippen molar-refractivity contribution in [3.05, 3.63) is 65.3 Å². The van der Waals surface area contributed by atoms with E-state index < -0.39 is 17.6 Å². The first-order chi connectivity index (χ1) is 18.1. The molecule has 9 heteroatoms. The molecule has 4 heterocycles. The van der Waals surface area contributed by atoms with Gasteiger partial charge in [0.1, 0.15) is 12.2 Å². The van der Waals surface area contributed by atoms with Gasteiger partial charge in [-0.15, -0.1) is 0 Å². The van der Waals surface area contributed by atoms with Crippen molar-refractivity contribution < 1.29 is 19.5 Å². The second-order valence-corrected chi connectivity index (χ2v) is 11.5. The lowest BCUT2D eigenvalue weighted by molar-refractivity contribution is -0.135. The number of rotatable bonds is 7. The molecule has 0 spiro atoms. The maximum Gasteiger partial charge on any atom is 0.248 e. The number of hydrogen-bond donors (Lipinski definition) is 2. The molecule has 9 nitrogen and oxygen atoms in total. The number of likely N-dealkylation sites (tertiary alicyclic amines) is 2. The molecule has 0 bridgehead atoms. The molecular weight excluding hydrogens is 482 g/mol. The van der Waals surface area contributed by atoms with E-state index in [4.69, 9.17) is 9.63 Å². The van der Waals surface area contributed by atoms with Crippen LogP contribution in [-0.4, -0.2) is 80.9 Å². The molecule has 1 unspecified atom stereocenters. The second-order valence-electron chi connectivity index (χ2n) is 11.5. The monoisotopic (exact) mass is 519 g/mol. The van der Waals surface area contributed by atoms with Gasteiger partial charge in [-0.05, 0) is 43.0 Å². The lowest BCUT2D eigenvalue weighted by atomic mass is 9.62. The van der Waals surface area contributed by atoms with E-state index in [0.717, 1.165) is 18.7 Å². The molecule has 3 aromatic rings. The summed E-state index contributed by atoms with van der Waals surface area (Å²) in [5.74, 6) is 1.17. The van der Waals surface area contributed by atoms with Crippen LogP contribution in [0.25, 0.3) is 11.4 Å². The van der Waals surface area contributed by atoms with Gasteiger partial charge in [0.25, 0.3) is 0 Å². The van der Waals surface area contributed by atoms with Gasteiger partial charge in [-0.2, -0.15) is 4.98 Å². The van der Waals surface area contributed by atoms with Crippen LogP contribution < -0.4 is 0 Å². The van der Waals surface area contributed by atoms with Gasteiger partial charge < -0.3 is 24.5 Å². The SMILES string of the molecule is CC(C)c1ccc(C(O)(c2cncc(-c3noc(C4CCN(C(=O)CO)CC4)n3)c2)C2(C)CN(C)C2)cc1. The number of aromatic nitrogens is 3. The number of carbonyl (C=O) groups excluding carboxylic acids is 1. The van der Waals surface area contributed by atoms with Crippen LogP contribution in [0.3, 0.4) is 0 Å². The van der Waals surface area contributed by atoms with E-state index in [2.05, 4.69) is 60.0 Å². The third kappa shape index (κ3) is 4.63. The number of hydrogen-bond acceptors (Lipinski definition) is 8. The summed E-state index contributed by atoms with van der Waals surface area (Å²) >= 11 is 0. The van der Waals surface area contributed by atoms with E-state index in [1.165, 1.54) is 5.56 Å². The zero-order chi connectivity index (χ0) is 27.1. The van der Waals surface area contributed by atoms with Crippen LogP contribution in [0.2, 0.25) is 0 Å². The van der Waals surface area contributed by atoms with Gasteiger partial charge in [0.05, 0.1) is 0 Å². The van der Waals surface area contributed by atoms with Crippen molar-refractivity contribution in [3.8, 4) is 11.4 Å². The first-order valence-electron chi connectivity index (χ1n) is 13.3. The molecular formula is C29H37N5O4. The smallest absolute Gasteiger partial charge is 0.248 e. The lowest BCUT2D eigenvalue weighted by Crippen LogP contribution is -2.63. The summed E-state index contributed by atoms with van der Waals surface area (Å²) in [6.07, 6.45) is 4.82. The average molecular weight is 520 g/mol. The Bertz CT molecular complexity index is 1280. The number of nitrogens with zero attached hydrogens (tertiary/aromatic N) is 5. The van der Waals surface area contributed by atoms with Crippen LogP contribution >= 0.6 is 0 Å². The quantitative estimate of drug-likeness (QED) is 0.489. The average Bonchev–Trinajstić information content (AvgIpc) is 3.42. The molecule has 0 aliphatic carbocycles. The Labute approximate surface area is 223 Å². The van der Waals surface area contributed by atoms with Gasteiger partial charge in [-0.1, -0.05) is 50.2 Å². The minimum atomic E-state index is -1.25. The van der Waals surface area contributed by atoms with Crippen molar-refractivity contribution in [2.24, 2.45) is 5.41 Å². The van der Waals surface area contributed by atoms with Gasteiger partial charge >= 0.3 is 0 Å². The van der Waals surface area contributed by atoms with E-state index in [1.807, 2.05) is 18.2 Å². The maximum absolute atomic E-state index is 12.5. The van der Waals surface area contributed by atoms with Crippen LogP contribution in [-0.2, 0) is 10.4 Å². The number of benzene rings is 1. The Morgan fingerprint density at radius 1 is 1.16 bits per heavy atom. The molecule has 1 amide bonds. The Balaban J connectivity index is 1.44. The number of aliphatic hydroxyl groups is 2. The fourth-order valence-electron chi connectivity index (χ4n) is 6.10. The molecule has 2 saturated heterocycles. The molecule has 0 saturated carbocycles. The Hall–Kier alpha value is -3.14. The topological polar surface area (TPSA) is 116 Å². The number of carbonyl (C=O) groups is 1. The van der Waals surface area contributed by atoms with E-state index in [9.17, 15) is 9.90 Å². The molecule has 2 fully saturated rings. The molecule has 2 N–H and O–H groups in total. The summed E-state index contributed by atoms with van der Waals surface area (Å²) in [7, 11) is 2.06. The van der Waals surface area contributed by atoms with E-state index in [-0.39, 0.29) is 11.8 Å². The predicted molar refractivity (Wildman–Crippen MR) is 142 cm³/mol. The van der Waals surface area contributed by atoms with Gasteiger partial charge in [0.2, 0.25) is 17.6 Å². The highest BCUT2D eigenvalue weighted by Gasteiger charge is 2.55. The van der Waals surface area contributed by atoms with Crippen molar-refractivity contribution >= 4 is 5.91 Å². The molecule has 38 heavy (non-hydrogen) atoms. The summed E-state index contributed by atoms with van der Waals surface area (Å²) in [6, 6.07) is 10.2. The van der Waals surface area contributed by atoms with Gasteiger partial charge in [-0.3, -0.25) is 9.78 Å². The van der Waals surface area contributed by atoms with Crippen LogP contribution in [0.1, 0.15) is 68.0 Å². The molecule has 1 atom stereocenters. The molecule has 202 valence electrons. The Morgan fingerprint density at radius 3 is 2.45 bits per heavy atom. The first-order valence-corrected chi connectivity index (χ1v) is 13.3. The van der Waals surface area contributed by atoms with Crippen LogP contribution in [0.15, 0.2) is 47.2 Å². The molecule has 1 aromatic carbocycles. The van der Waals surface area contributed by atoms with Crippen molar-refractivity contribution in [3.63, 3.8) is 0 Å². The number of amides is 1. The fourth-order valence-corrected chi connectivity index (χ4v) is 6.10. The zero-order valence-corrected chi connectivity index (χ0v) is 22.6. The Kier molecular flexibility index (Phi) is 7.11. The predicted octanol–water partition coefficient (Wildman–Crippen LogP) is 3.14. The minimum Gasteiger partial charge on any atom is -0.387 e. The van der Waals surface area contributed by atoms with Gasteiger partial charge in [0.15, 0.2) is 0 Å². The molecule has 2 aliphatic rings. The molecule has 2 aliphatic heterocycles. The normalized spacial score (nSPS) is 19.8. The number of pyridine rings is 1. The number of aliphatic hydroxyl groups excluding tert-OH is 1. The van der Waals surface area contributed by atoms with Crippen LogP contribution in [0, 0.1) is 5.41 Å². The Morgan fingerprint density at radius 2 is 1.84 bits per heavy atom. The fraction of sp³-hybridized carbons (Fsp3) is 0.517. The van der Waals surface area contributed by atoms with Crippen molar-refractivity contribution in [2.45, 2.75) is 51.0 Å². The van der Waals surface area contributed by atoms with Crippen molar-refractivity contribution in [1.29, 1.82) is 0 Å². The maximum atomic E-state index is 12.5. The zero-order valence-electron chi connectivity index (χ0n) is 22.6. The van der Waals surface area contributed by atoms with Gasteiger partial charge in [0, 0.05) is 61.0 Å². The summed E-state index contributed by atoms with van der Waals surface area (Å²) < 4.78 is 5.63. The molecule has 5 rings (SSSR count). The third-order valence-electron chi connectivity index (χ3n) is 8.29. The highest BCUT2D eigenvalue weighted by atomic mass is 16.5. The minimum absolute atomic E-state index is 0.0518. The van der Waals surface area contributed by atoms with Crippen LogP contribution in [0.4, 0.5) is 0 Å². The largest absolute Gasteiger partial charge is 0.387 e.